The summed E-state index contributed by atoms with van der Waals surface area (Å²) < 4.78 is 70.6. The van der Waals surface area contributed by atoms with Gasteiger partial charge in [0.2, 0.25) is 21.8 Å². The largest absolute Gasteiger partial charge is 0.423 e. The maximum Gasteiger partial charge on any atom is 0.416 e. The van der Waals surface area contributed by atoms with Gasteiger partial charge in [-0.25, -0.2) is 8.42 Å². The average Bonchev–Trinajstić information content (AvgIpc) is 2.95. The van der Waals surface area contributed by atoms with Gasteiger partial charge < -0.3 is 4.42 Å². The molecule has 0 fully saturated rings. The lowest BCUT2D eigenvalue weighted by atomic mass is 9.97. The number of halogens is 4. The van der Waals surface area contributed by atoms with E-state index in [0.29, 0.717) is 18.0 Å². The molecule has 1 N–H and O–H groups in total. The van der Waals surface area contributed by atoms with Crippen LogP contribution in [0.1, 0.15) is 51.1 Å². The number of hydrogen-bond donors (Lipinski definition) is 1. The van der Waals surface area contributed by atoms with Gasteiger partial charge >= 0.3 is 6.18 Å². The van der Waals surface area contributed by atoms with Crippen LogP contribution in [0.25, 0.3) is 0 Å². The number of hydrogen-bond acceptors (Lipinski definition) is 5. The van der Waals surface area contributed by atoms with Crippen LogP contribution in [0.15, 0.2) is 27.5 Å². The van der Waals surface area contributed by atoms with Crippen LogP contribution < -0.4 is 4.72 Å². The molecule has 0 saturated heterocycles. The van der Waals surface area contributed by atoms with Gasteiger partial charge in [-0.2, -0.15) is 17.9 Å². The molecular weight excluding hydrogens is 395 g/mol. The molecule has 1 aromatic heterocycles. The first-order valence-electron chi connectivity index (χ1n) is 7.45. The Hall–Kier alpha value is -1.65. The van der Waals surface area contributed by atoms with E-state index < -0.39 is 43.1 Å². The number of aromatic nitrogens is 2. The molecule has 0 aliphatic heterocycles. The molecule has 0 spiro atoms. The van der Waals surface area contributed by atoms with E-state index in [2.05, 4.69) is 14.9 Å². The van der Waals surface area contributed by atoms with Crippen LogP contribution in [0, 0.1) is 0 Å². The SMILES string of the molecule is C[C@H](NS(=O)(=O)c1ccc(C(F)(F)F)cc1Cl)c1nnc(C(C)(C)C)o1. The van der Waals surface area contributed by atoms with Gasteiger partial charge in [-0.05, 0) is 25.1 Å². The van der Waals surface area contributed by atoms with Gasteiger partial charge in [-0.1, -0.05) is 32.4 Å². The van der Waals surface area contributed by atoms with E-state index in [4.69, 9.17) is 16.0 Å². The van der Waals surface area contributed by atoms with Crippen LogP contribution in [0.5, 0.6) is 0 Å². The molecule has 2 aromatic rings. The third kappa shape index (κ3) is 4.54. The Morgan fingerprint density at radius 1 is 1.19 bits per heavy atom. The molecule has 0 bridgehead atoms. The van der Waals surface area contributed by atoms with Gasteiger partial charge in [-0.15, -0.1) is 10.2 Å². The molecule has 1 aromatic carbocycles. The second-order valence-electron chi connectivity index (χ2n) is 6.68. The Kier molecular flexibility index (Phi) is 5.42. The molecule has 0 unspecified atom stereocenters. The van der Waals surface area contributed by atoms with Crippen LogP contribution in [-0.2, 0) is 21.6 Å². The van der Waals surface area contributed by atoms with E-state index in [1.165, 1.54) is 6.92 Å². The van der Waals surface area contributed by atoms with Crippen molar-refractivity contribution in [3.8, 4) is 0 Å². The maximum absolute atomic E-state index is 12.7. The standard InChI is InChI=1S/C15H17ClF3N3O3S/c1-8(12-20-21-13(25-12)14(2,3)4)22-26(23,24)11-6-5-9(7-10(11)16)15(17,18)19/h5-8,22H,1-4H3/t8-/m0/s1. The van der Waals surface area contributed by atoms with Gasteiger partial charge in [0.25, 0.3) is 0 Å². The summed E-state index contributed by atoms with van der Waals surface area (Å²) >= 11 is 5.74. The molecule has 0 aliphatic rings. The second-order valence-corrected chi connectivity index (χ2v) is 8.77. The van der Waals surface area contributed by atoms with E-state index in [1.54, 1.807) is 0 Å². The monoisotopic (exact) mass is 411 g/mol. The number of nitrogens with one attached hydrogen (secondary N) is 1. The molecule has 26 heavy (non-hydrogen) atoms. The van der Waals surface area contributed by atoms with Crippen LogP contribution in [0.4, 0.5) is 13.2 Å². The quantitative estimate of drug-likeness (QED) is 0.819. The zero-order chi connectivity index (χ0) is 19.9. The Balaban J connectivity index is 2.27. The molecule has 11 heteroatoms. The van der Waals surface area contributed by atoms with Crippen molar-refractivity contribution in [2.75, 3.05) is 0 Å². The Morgan fingerprint density at radius 3 is 2.27 bits per heavy atom. The van der Waals surface area contributed by atoms with Gasteiger partial charge in [-0.3, -0.25) is 0 Å². The number of alkyl halides is 3. The molecule has 0 saturated carbocycles. The van der Waals surface area contributed by atoms with E-state index >= 15 is 0 Å². The molecule has 0 radical (unpaired) electrons. The predicted octanol–water partition coefficient (Wildman–Crippen LogP) is 4.08. The van der Waals surface area contributed by atoms with Crippen molar-refractivity contribution in [3.63, 3.8) is 0 Å². The Morgan fingerprint density at radius 2 is 1.81 bits per heavy atom. The fourth-order valence-electron chi connectivity index (χ4n) is 1.95. The summed E-state index contributed by atoms with van der Waals surface area (Å²) in [5, 5.41) is 7.13. The highest BCUT2D eigenvalue weighted by atomic mass is 35.5. The van der Waals surface area contributed by atoms with Crippen LogP contribution in [0.2, 0.25) is 5.02 Å². The number of benzene rings is 1. The van der Waals surface area contributed by atoms with Crippen molar-refractivity contribution in [1.29, 1.82) is 0 Å². The molecule has 2 rings (SSSR count). The summed E-state index contributed by atoms with van der Waals surface area (Å²) in [6, 6.07) is 1.11. The fraction of sp³-hybridized carbons (Fsp3) is 0.467. The molecule has 1 heterocycles. The topological polar surface area (TPSA) is 85.1 Å². The minimum atomic E-state index is -4.63. The predicted molar refractivity (Wildman–Crippen MR) is 88.2 cm³/mol. The highest BCUT2D eigenvalue weighted by Gasteiger charge is 2.33. The highest BCUT2D eigenvalue weighted by molar-refractivity contribution is 7.89. The normalized spacial score (nSPS) is 14.5. The zero-order valence-corrected chi connectivity index (χ0v) is 15.9. The first-order chi connectivity index (χ1) is 11.7. The lowest BCUT2D eigenvalue weighted by Crippen LogP contribution is -2.27. The summed E-state index contributed by atoms with van der Waals surface area (Å²) in [5.41, 5.74) is -1.46. The van der Waals surface area contributed by atoms with E-state index in [9.17, 15) is 21.6 Å². The third-order valence-electron chi connectivity index (χ3n) is 3.33. The molecule has 1 atom stereocenters. The van der Waals surface area contributed by atoms with Crippen molar-refractivity contribution in [1.82, 2.24) is 14.9 Å². The molecular formula is C15H17ClF3N3O3S. The van der Waals surface area contributed by atoms with E-state index in [-0.39, 0.29) is 5.89 Å². The van der Waals surface area contributed by atoms with Gasteiger partial charge in [0.1, 0.15) is 4.90 Å². The Bertz CT molecular complexity index is 905. The average molecular weight is 412 g/mol. The summed E-state index contributed by atoms with van der Waals surface area (Å²) in [6.45, 7) is 7.01. The summed E-state index contributed by atoms with van der Waals surface area (Å²) in [4.78, 5) is -0.477. The number of rotatable bonds is 4. The first-order valence-corrected chi connectivity index (χ1v) is 9.31. The van der Waals surface area contributed by atoms with Gasteiger partial charge in [0.15, 0.2) is 0 Å². The van der Waals surface area contributed by atoms with Crippen molar-refractivity contribution in [3.05, 3.63) is 40.6 Å². The molecule has 0 aliphatic carbocycles. The minimum absolute atomic E-state index is 0.0292. The van der Waals surface area contributed by atoms with E-state index in [0.717, 1.165) is 6.07 Å². The van der Waals surface area contributed by atoms with Crippen LogP contribution in [0.3, 0.4) is 0 Å². The zero-order valence-electron chi connectivity index (χ0n) is 14.3. The third-order valence-corrected chi connectivity index (χ3v) is 5.36. The summed E-state index contributed by atoms with van der Waals surface area (Å²) in [5.74, 6) is 0.354. The van der Waals surface area contributed by atoms with Gasteiger partial charge in [0.05, 0.1) is 16.6 Å². The van der Waals surface area contributed by atoms with Crippen molar-refractivity contribution < 1.29 is 26.0 Å². The number of sulfonamides is 1. The lowest BCUT2D eigenvalue weighted by molar-refractivity contribution is -0.137. The molecule has 144 valence electrons. The second kappa shape index (κ2) is 6.82. The minimum Gasteiger partial charge on any atom is -0.423 e. The molecule has 0 amide bonds. The highest BCUT2D eigenvalue weighted by Crippen LogP contribution is 2.33. The first kappa shape index (κ1) is 20.7. The summed E-state index contributed by atoms with van der Waals surface area (Å²) in [6.07, 6.45) is -4.63. The van der Waals surface area contributed by atoms with Crippen molar-refractivity contribution >= 4 is 21.6 Å². The maximum atomic E-state index is 12.7. The van der Waals surface area contributed by atoms with Crippen LogP contribution >= 0.6 is 11.6 Å². The van der Waals surface area contributed by atoms with Crippen LogP contribution in [-0.4, -0.2) is 18.6 Å². The smallest absolute Gasteiger partial charge is 0.416 e. The summed E-state index contributed by atoms with van der Waals surface area (Å²) in [7, 11) is -4.20. The fourth-order valence-corrected chi connectivity index (χ4v) is 3.70. The lowest BCUT2D eigenvalue weighted by Gasteiger charge is -2.14. The van der Waals surface area contributed by atoms with Gasteiger partial charge in [0, 0.05) is 5.41 Å². The molecule has 6 nitrogen and oxygen atoms in total. The Labute approximate surface area is 153 Å². The number of nitrogens with zero attached hydrogens (tertiary/aromatic N) is 2. The van der Waals surface area contributed by atoms with E-state index in [1.807, 2.05) is 20.8 Å². The van der Waals surface area contributed by atoms with Crippen molar-refractivity contribution in [2.45, 2.75) is 50.2 Å². The van der Waals surface area contributed by atoms with Crippen molar-refractivity contribution in [2.24, 2.45) is 0 Å².